The van der Waals surface area contributed by atoms with Gasteiger partial charge in [-0.05, 0) is 56.4 Å². The van der Waals surface area contributed by atoms with Crippen LogP contribution in [0, 0.1) is 5.92 Å². The van der Waals surface area contributed by atoms with Gasteiger partial charge in [-0.25, -0.2) is 4.79 Å². The molecule has 1 heterocycles. The number of amides is 1. The van der Waals surface area contributed by atoms with E-state index in [-0.39, 0.29) is 18.0 Å². The van der Waals surface area contributed by atoms with E-state index in [1.54, 1.807) is 4.57 Å². The molecule has 0 radical (unpaired) electrons. The fourth-order valence-corrected chi connectivity index (χ4v) is 4.21. The first-order chi connectivity index (χ1) is 16.5. The Kier molecular flexibility index (Phi) is 8.26. The van der Waals surface area contributed by atoms with Crippen molar-refractivity contribution in [2.24, 2.45) is 5.92 Å². The van der Waals surface area contributed by atoms with Crippen LogP contribution in [0.4, 0.5) is 4.79 Å². The molecule has 1 amide bonds. The van der Waals surface area contributed by atoms with Crippen molar-refractivity contribution < 1.29 is 14.6 Å². The van der Waals surface area contributed by atoms with Crippen LogP contribution in [0.3, 0.4) is 0 Å². The summed E-state index contributed by atoms with van der Waals surface area (Å²) in [5.74, 6) is 0.797. The van der Waals surface area contributed by atoms with Crippen molar-refractivity contribution in [1.82, 2.24) is 9.47 Å². The lowest BCUT2D eigenvalue weighted by Gasteiger charge is -2.34. The van der Waals surface area contributed by atoms with Crippen molar-refractivity contribution in [1.29, 1.82) is 0 Å². The molecule has 1 aromatic heterocycles. The van der Waals surface area contributed by atoms with Crippen LogP contribution in [0.1, 0.15) is 60.1 Å². The summed E-state index contributed by atoms with van der Waals surface area (Å²) in [6.07, 6.45) is 0.806. The highest BCUT2D eigenvalue weighted by Crippen LogP contribution is 2.34. The molecule has 0 spiro atoms. The van der Waals surface area contributed by atoms with E-state index < -0.39 is 11.6 Å². The summed E-state index contributed by atoms with van der Waals surface area (Å²) in [4.78, 5) is 27.4. The molecule has 0 saturated heterocycles. The first-order valence-corrected chi connectivity index (χ1v) is 12.4. The highest BCUT2D eigenvalue weighted by molar-refractivity contribution is 5.92. The first kappa shape index (κ1) is 26.3. The molecule has 0 aliphatic rings. The number of benzene rings is 2. The summed E-state index contributed by atoms with van der Waals surface area (Å²) in [6, 6.07) is 15.8. The fourth-order valence-electron chi connectivity index (χ4n) is 4.21. The Morgan fingerprint density at radius 3 is 2.31 bits per heavy atom. The molecule has 0 saturated carbocycles. The highest BCUT2D eigenvalue weighted by Gasteiger charge is 2.30. The lowest BCUT2D eigenvalue weighted by molar-refractivity contribution is 0.0927. The molecule has 0 aliphatic heterocycles. The van der Waals surface area contributed by atoms with Crippen molar-refractivity contribution in [3.05, 3.63) is 64.6 Å². The fraction of sp³-hybridized carbons (Fsp3) is 0.448. The zero-order valence-electron chi connectivity index (χ0n) is 21.8. The van der Waals surface area contributed by atoms with Crippen LogP contribution in [-0.2, 0) is 13.1 Å². The molecule has 3 aromatic rings. The smallest absolute Gasteiger partial charge is 0.408 e. The second kappa shape index (κ2) is 11.0. The third-order valence-corrected chi connectivity index (χ3v) is 6.08. The number of fused-ring (bicyclic) bond motifs is 1. The first-order valence-electron chi connectivity index (χ1n) is 12.4. The number of carbonyl (C=O) groups is 1. The largest absolute Gasteiger partial charge is 0.491 e. The summed E-state index contributed by atoms with van der Waals surface area (Å²) in [5.41, 5.74) is 1.87. The number of unbranched alkanes of at least 4 members (excludes halogenated alkanes) is 1. The molecule has 188 valence electrons. The summed E-state index contributed by atoms with van der Waals surface area (Å²) in [6.45, 7) is 12.8. The zero-order valence-corrected chi connectivity index (χ0v) is 21.8. The average molecular weight is 479 g/mol. The molecule has 6 nitrogen and oxygen atoms in total. The maximum Gasteiger partial charge on any atom is 0.408 e. The van der Waals surface area contributed by atoms with E-state index in [2.05, 4.69) is 20.8 Å². The number of carboxylic acid groups (broad SMARTS) is 1. The molecule has 6 heteroatoms. The minimum atomic E-state index is -1.03. The zero-order chi connectivity index (χ0) is 25.8. The van der Waals surface area contributed by atoms with E-state index in [1.165, 1.54) is 4.90 Å². The minimum Gasteiger partial charge on any atom is -0.491 e. The van der Waals surface area contributed by atoms with Crippen molar-refractivity contribution >= 4 is 16.9 Å². The second-order valence-electron chi connectivity index (χ2n) is 10.5. The Morgan fingerprint density at radius 1 is 1.06 bits per heavy atom. The molecule has 0 unspecified atom stereocenters. The molecule has 3 rings (SSSR count). The Morgan fingerprint density at radius 2 is 1.74 bits per heavy atom. The van der Waals surface area contributed by atoms with E-state index in [0.717, 1.165) is 29.4 Å². The third-order valence-electron chi connectivity index (χ3n) is 6.08. The molecular formula is C29H38N2O4. The number of aromatic nitrogens is 1. The normalized spacial score (nSPS) is 11.7. The quantitative estimate of drug-likeness (QED) is 0.344. The molecule has 0 atom stereocenters. The van der Waals surface area contributed by atoms with Crippen LogP contribution in [0.2, 0.25) is 0 Å². The van der Waals surface area contributed by atoms with Crippen LogP contribution in [0.25, 0.3) is 21.9 Å². The van der Waals surface area contributed by atoms with E-state index in [4.69, 9.17) is 4.74 Å². The van der Waals surface area contributed by atoms with E-state index in [1.807, 2.05) is 69.3 Å². The number of nitrogens with zero attached hydrogens (tertiary/aromatic N) is 2. The lowest BCUT2D eigenvalue weighted by atomic mass is 10.00. The van der Waals surface area contributed by atoms with Crippen molar-refractivity contribution in [3.63, 3.8) is 0 Å². The number of pyridine rings is 1. The van der Waals surface area contributed by atoms with Gasteiger partial charge in [-0.3, -0.25) is 9.69 Å². The average Bonchev–Trinajstić information content (AvgIpc) is 2.80. The molecule has 1 N–H and O–H groups in total. The predicted octanol–water partition coefficient (Wildman–Crippen LogP) is 6.78. The minimum absolute atomic E-state index is 0.0633. The van der Waals surface area contributed by atoms with Gasteiger partial charge in [0.2, 0.25) is 0 Å². The summed E-state index contributed by atoms with van der Waals surface area (Å²) in [5, 5.41) is 11.3. The van der Waals surface area contributed by atoms with E-state index in [0.29, 0.717) is 30.0 Å². The third kappa shape index (κ3) is 6.05. The van der Waals surface area contributed by atoms with Crippen molar-refractivity contribution in [3.8, 4) is 16.9 Å². The van der Waals surface area contributed by atoms with Crippen LogP contribution in [-0.4, -0.2) is 32.8 Å². The summed E-state index contributed by atoms with van der Waals surface area (Å²) in [7, 11) is 0. The highest BCUT2D eigenvalue weighted by atomic mass is 16.5. The maximum absolute atomic E-state index is 13.8. The lowest BCUT2D eigenvalue weighted by Crippen LogP contribution is -2.45. The van der Waals surface area contributed by atoms with E-state index in [9.17, 15) is 14.7 Å². The van der Waals surface area contributed by atoms with Gasteiger partial charge in [0.25, 0.3) is 5.56 Å². The van der Waals surface area contributed by atoms with Gasteiger partial charge in [0, 0.05) is 17.5 Å². The second-order valence-corrected chi connectivity index (χ2v) is 10.5. The monoisotopic (exact) mass is 478 g/mol. The summed E-state index contributed by atoms with van der Waals surface area (Å²) < 4.78 is 8.09. The molecular weight excluding hydrogens is 440 g/mol. The maximum atomic E-state index is 13.8. The number of hydrogen-bond donors (Lipinski definition) is 1. The predicted molar refractivity (Wildman–Crippen MR) is 142 cm³/mol. The van der Waals surface area contributed by atoms with Crippen LogP contribution < -0.4 is 10.3 Å². The van der Waals surface area contributed by atoms with Gasteiger partial charge in [-0.15, -0.1) is 0 Å². The Labute approximate surface area is 208 Å². The molecule has 0 fully saturated rings. The van der Waals surface area contributed by atoms with Crippen LogP contribution >= 0.6 is 0 Å². The Bertz CT molecular complexity index is 1220. The van der Waals surface area contributed by atoms with Gasteiger partial charge < -0.3 is 14.4 Å². The molecule has 35 heavy (non-hydrogen) atoms. The molecule has 2 aromatic carbocycles. The summed E-state index contributed by atoms with van der Waals surface area (Å²) >= 11 is 0. The van der Waals surface area contributed by atoms with Gasteiger partial charge >= 0.3 is 6.09 Å². The molecule has 0 bridgehead atoms. The topological polar surface area (TPSA) is 71.8 Å². The van der Waals surface area contributed by atoms with E-state index >= 15 is 0 Å². The Balaban J connectivity index is 2.34. The van der Waals surface area contributed by atoms with Crippen LogP contribution in [0.15, 0.2) is 53.3 Å². The van der Waals surface area contributed by atoms with Gasteiger partial charge in [-0.1, -0.05) is 63.6 Å². The van der Waals surface area contributed by atoms with Gasteiger partial charge in [0.05, 0.1) is 24.2 Å². The molecule has 0 aliphatic carbocycles. The van der Waals surface area contributed by atoms with Crippen molar-refractivity contribution in [2.45, 2.75) is 73.0 Å². The van der Waals surface area contributed by atoms with Gasteiger partial charge in [0.1, 0.15) is 5.75 Å². The number of ether oxygens (including phenoxy) is 1. The SMILES string of the molecule is CCCCOc1c(CN(C(=O)O)C(C)(C)C)n(CC(C)C)c(=O)c2ccc(-c3ccccc3)cc12. The van der Waals surface area contributed by atoms with Crippen molar-refractivity contribution in [2.75, 3.05) is 6.61 Å². The Hall–Kier alpha value is -3.28. The van der Waals surface area contributed by atoms with Gasteiger partial charge in [0.15, 0.2) is 0 Å². The number of rotatable bonds is 9. The van der Waals surface area contributed by atoms with Crippen LogP contribution in [0.5, 0.6) is 5.75 Å². The standard InChI is InChI=1S/C29H38N2O4/c1-7-8-16-35-26-24-17-22(21-12-10-9-11-13-21)14-15-23(24)27(32)30(18-20(2)3)25(26)19-31(28(33)34)29(4,5)6/h9-15,17,20H,7-8,16,18-19H2,1-6H3,(H,33,34). The van der Waals surface area contributed by atoms with Gasteiger partial charge in [-0.2, -0.15) is 0 Å². The number of hydrogen-bond acceptors (Lipinski definition) is 3.